The molecule has 0 aromatic rings. The molecule has 0 rings (SSSR count). The molecule has 0 heterocycles. The summed E-state index contributed by atoms with van der Waals surface area (Å²) < 4.78 is 0. The van der Waals surface area contributed by atoms with Gasteiger partial charge in [-0.25, -0.2) is 0 Å². The predicted octanol–water partition coefficient (Wildman–Crippen LogP) is -2.50. The molecule has 0 aliphatic heterocycles. The first-order valence-corrected chi connectivity index (χ1v) is 5.09. The quantitative estimate of drug-likeness (QED) is 0.277. The summed E-state index contributed by atoms with van der Waals surface area (Å²) in [6.45, 7) is 0. The van der Waals surface area contributed by atoms with Crippen LogP contribution in [0.3, 0.4) is 0 Å². The minimum atomic E-state index is -1.12. The van der Waals surface area contributed by atoms with E-state index in [1.807, 2.05) is 0 Å². The van der Waals surface area contributed by atoms with E-state index in [0.29, 0.717) is 0 Å². The molecule has 8 heteroatoms. The lowest BCUT2D eigenvalue weighted by atomic mass is 10.0. The van der Waals surface area contributed by atoms with Crippen LogP contribution in [0.15, 0.2) is 12.2 Å². The van der Waals surface area contributed by atoms with Crippen LogP contribution in [0.5, 0.6) is 0 Å². The van der Waals surface area contributed by atoms with Crippen LogP contribution in [0.2, 0.25) is 0 Å². The van der Waals surface area contributed by atoms with Gasteiger partial charge < -0.3 is 22.9 Å². The van der Waals surface area contributed by atoms with E-state index in [9.17, 15) is 19.2 Å². The van der Waals surface area contributed by atoms with Gasteiger partial charge in [0.05, 0.1) is 0 Å². The van der Waals surface area contributed by atoms with Gasteiger partial charge in [0.2, 0.25) is 23.6 Å². The lowest BCUT2D eigenvalue weighted by molar-refractivity contribution is -0.133. The molecular formula is C10H16N4O4. The van der Waals surface area contributed by atoms with Gasteiger partial charge in [0.25, 0.3) is 0 Å². The second-order valence-electron chi connectivity index (χ2n) is 3.66. The Hall–Kier alpha value is -2.38. The maximum absolute atomic E-state index is 10.8. The number of carbonyl (C=O) groups excluding carboxylic acids is 4. The van der Waals surface area contributed by atoms with E-state index in [0.717, 1.165) is 0 Å². The van der Waals surface area contributed by atoms with Gasteiger partial charge in [0.15, 0.2) is 0 Å². The van der Waals surface area contributed by atoms with Crippen LogP contribution in [0.1, 0.15) is 12.8 Å². The van der Waals surface area contributed by atoms with Crippen molar-refractivity contribution < 1.29 is 19.2 Å². The monoisotopic (exact) mass is 256 g/mol. The van der Waals surface area contributed by atoms with Crippen molar-refractivity contribution in [2.75, 3.05) is 0 Å². The second-order valence-corrected chi connectivity index (χ2v) is 3.66. The van der Waals surface area contributed by atoms with Crippen molar-refractivity contribution in [2.24, 2.45) is 34.8 Å². The fourth-order valence-corrected chi connectivity index (χ4v) is 1.21. The summed E-state index contributed by atoms with van der Waals surface area (Å²) in [6, 6.07) is 0. The van der Waals surface area contributed by atoms with E-state index < -0.39 is 35.5 Å². The summed E-state index contributed by atoms with van der Waals surface area (Å²) in [5, 5.41) is 0. The maximum Gasteiger partial charge on any atom is 0.230 e. The molecule has 0 aliphatic carbocycles. The Morgan fingerprint density at radius 2 is 0.889 bits per heavy atom. The van der Waals surface area contributed by atoms with Crippen LogP contribution in [0, 0.1) is 11.8 Å². The van der Waals surface area contributed by atoms with Crippen molar-refractivity contribution >= 4 is 23.6 Å². The molecule has 8 N–H and O–H groups in total. The third kappa shape index (κ3) is 5.10. The van der Waals surface area contributed by atoms with E-state index in [2.05, 4.69) is 0 Å². The first kappa shape index (κ1) is 15.6. The van der Waals surface area contributed by atoms with Gasteiger partial charge in [0, 0.05) is 0 Å². The number of hydrogen-bond donors (Lipinski definition) is 4. The number of amides is 4. The van der Waals surface area contributed by atoms with E-state index >= 15 is 0 Å². The zero-order chi connectivity index (χ0) is 14.3. The lowest BCUT2D eigenvalue weighted by Crippen LogP contribution is -2.35. The summed E-state index contributed by atoms with van der Waals surface area (Å²) in [4.78, 5) is 43.3. The van der Waals surface area contributed by atoms with E-state index in [-0.39, 0.29) is 12.8 Å². The molecule has 4 amide bonds. The summed E-state index contributed by atoms with van der Waals surface area (Å²) in [5.74, 6) is -5.60. The SMILES string of the molecule is NC(=O)C(C/C=C/CC(C(N)=O)C(N)=O)C(N)=O. The maximum atomic E-state index is 10.8. The third-order valence-electron chi connectivity index (χ3n) is 2.28. The first-order chi connectivity index (χ1) is 8.27. The van der Waals surface area contributed by atoms with Crippen LogP contribution in [-0.2, 0) is 19.2 Å². The van der Waals surface area contributed by atoms with Crippen LogP contribution >= 0.6 is 0 Å². The van der Waals surface area contributed by atoms with E-state index in [1.165, 1.54) is 12.2 Å². The molecule has 0 radical (unpaired) electrons. The summed E-state index contributed by atoms with van der Waals surface area (Å²) in [6.07, 6.45) is 2.82. The van der Waals surface area contributed by atoms with E-state index in [4.69, 9.17) is 22.9 Å². The second kappa shape index (κ2) is 7.05. The molecular weight excluding hydrogens is 240 g/mol. The molecule has 0 aromatic heterocycles. The van der Waals surface area contributed by atoms with Crippen molar-refractivity contribution in [2.45, 2.75) is 12.8 Å². The number of nitrogens with two attached hydrogens (primary N) is 4. The minimum absolute atomic E-state index is 0.00505. The highest BCUT2D eigenvalue weighted by molar-refractivity contribution is 5.99. The summed E-state index contributed by atoms with van der Waals surface area (Å²) in [5.41, 5.74) is 19.8. The van der Waals surface area contributed by atoms with Crippen LogP contribution < -0.4 is 22.9 Å². The highest BCUT2D eigenvalue weighted by Crippen LogP contribution is 2.06. The standard InChI is InChI=1S/C10H16N4O4/c11-7(15)5(8(12)16)3-1-2-4-6(9(13)17)10(14)18/h1-2,5-6H,3-4H2,(H2,11,15)(H2,12,16)(H2,13,17)(H2,14,18)/b2-1+. The Balaban J connectivity index is 4.41. The zero-order valence-corrected chi connectivity index (χ0v) is 9.67. The Morgan fingerprint density at radius 1 is 0.667 bits per heavy atom. The molecule has 0 unspecified atom stereocenters. The Labute approximate surface area is 103 Å². The molecule has 18 heavy (non-hydrogen) atoms. The Morgan fingerprint density at radius 3 is 1.06 bits per heavy atom. The molecule has 100 valence electrons. The Kier molecular flexibility index (Phi) is 6.11. The number of allylic oxidation sites excluding steroid dienone is 2. The van der Waals surface area contributed by atoms with Crippen molar-refractivity contribution in [3.63, 3.8) is 0 Å². The molecule has 8 nitrogen and oxygen atoms in total. The molecule has 0 spiro atoms. The average molecular weight is 256 g/mol. The molecule has 0 fully saturated rings. The third-order valence-corrected chi connectivity index (χ3v) is 2.28. The highest BCUT2D eigenvalue weighted by atomic mass is 16.2. The zero-order valence-electron chi connectivity index (χ0n) is 9.67. The topological polar surface area (TPSA) is 172 Å². The fourth-order valence-electron chi connectivity index (χ4n) is 1.21. The highest BCUT2D eigenvalue weighted by Gasteiger charge is 2.21. The first-order valence-electron chi connectivity index (χ1n) is 5.09. The van der Waals surface area contributed by atoms with Gasteiger partial charge in [-0.2, -0.15) is 0 Å². The van der Waals surface area contributed by atoms with Gasteiger partial charge in [-0.3, -0.25) is 19.2 Å². The normalized spacial score (nSPS) is 11.0. The summed E-state index contributed by atoms with van der Waals surface area (Å²) in [7, 11) is 0. The predicted molar refractivity (Wildman–Crippen MR) is 62.1 cm³/mol. The van der Waals surface area contributed by atoms with Gasteiger partial charge in [-0.05, 0) is 12.8 Å². The van der Waals surface area contributed by atoms with Crippen LogP contribution in [-0.4, -0.2) is 23.6 Å². The Bertz CT molecular complexity index is 327. The molecule has 0 atom stereocenters. The molecule has 0 aromatic carbocycles. The average Bonchev–Trinajstić information content (AvgIpc) is 2.20. The summed E-state index contributed by atoms with van der Waals surface area (Å²) >= 11 is 0. The number of primary amides is 4. The molecule has 0 saturated heterocycles. The smallest absolute Gasteiger partial charge is 0.230 e. The fraction of sp³-hybridized carbons (Fsp3) is 0.400. The van der Waals surface area contributed by atoms with Crippen LogP contribution in [0.4, 0.5) is 0 Å². The molecule has 0 aliphatic rings. The van der Waals surface area contributed by atoms with Crippen molar-refractivity contribution in [3.05, 3.63) is 12.2 Å². The van der Waals surface area contributed by atoms with Gasteiger partial charge in [-0.15, -0.1) is 0 Å². The minimum Gasteiger partial charge on any atom is -0.369 e. The van der Waals surface area contributed by atoms with Crippen molar-refractivity contribution in [3.8, 4) is 0 Å². The molecule has 0 bridgehead atoms. The van der Waals surface area contributed by atoms with E-state index in [1.54, 1.807) is 0 Å². The number of hydrogen-bond acceptors (Lipinski definition) is 4. The molecule has 0 saturated carbocycles. The van der Waals surface area contributed by atoms with Crippen LogP contribution in [0.25, 0.3) is 0 Å². The van der Waals surface area contributed by atoms with Gasteiger partial charge >= 0.3 is 0 Å². The van der Waals surface area contributed by atoms with Gasteiger partial charge in [-0.1, -0.05) is 12.2 Å². The number of carbonyl (C=O) groups is 4. The van der Waals surface area contributed by atoms with Crippen molar-refractivity contribution in [1.82, 2.24) is 0 Å². The number of rotatable bonds is 8. The lowest BCUT2D eigenvalue weighted by Gasteiger charge is -2.07. The van der Waals surface area contributed by atoms with Gasteiger partial charge in [0.1, 0.15) is 11.8 Å². The largest absolute Gasteiger partial charge is 0.369 e. The van der Waals surface area contributed by atoms with Crippen molar-refractivity contribution in [1.29, 1.82) is 0 Å².